The van der Waals surface area contributed by atoms with Gasteiger partial charge in [-0.25, -0.2) is 4.39 Å². The lowest BCUT2D eigenvalue weighted by molar-refractivity contribution is -0.143. The molecule has 4 aliphatic carbocycles. The predicted molar refractivity (Wildman–Crippen MR) is 117 cm³/mol. The summed E-state index contributed by atoms with van der Waals surface area (Å²) in [4.78, 5) is 13.2. The van der Waals surface area contributed by atoms with Crippen molar-refractivity contribution in [1.82, 2.24) is 0 Å². The van der Waals surface area contributed by atoms with Crippen molar-refractivity contribution in [2.24, 2.45) is 35.0 Å². The van der Waals surface area contributed by atoms with Crippen LogP contribution in [0.15, 0.2) is 24.3 Å². The van der Waals surface area contributed by atoms with Gasteiger partial charge in [-0.3, -0.25) is 4.79 Å². The number of carbonyl (C=O) groups is 1. The monoisotopic (exact) mass is 423 g/mol. The van der Waals surface area contributed by atoms with Crippen molar-refractivity contribution in [1.29, 1.82) is 5.26 Å². The van der Waals surface area contributed by atoms with Crippen LogP contribution in [0.1, 0.15) is 76.7 Å². The van der Waals surface area contributed by atoms with E-state index in [0.29, 0.717) is 23.1 Å². The number of rotatable bonds is 4. The molecule has 0 heterocycles. The Bertz CT molecular complexity index is 876. The number of alkyl halides is 1. The number of nitriles is 1. The number of carbonyl (C=O) groups excluding carboxylic acids is 1. The van der Waals surface area contributed by atoms with E-state index in [1.165, 1.54) is 6.42 Å². The maximum atomic E-state index is 16.2. The first-order chi connectivity index (χ1) is 15.0. The first kappa shape index (κ1) is 21.0. The van der Waals surface area contributed by atoms with Crippen molar-refractivity contribution >= 4 is 5.78 Å². The van der Waals surface area contributed by atoms with E-state index in [1.54, 1.807) is 24.3 Å². The first-order valence-electron chi connectivity index (χ1n) is 12.3. The highest BCUT2D eigenvalue weighted by molar-refractivity contribution is 5.83. The Morgan fingerprint density at radius 3 is 2.65 bits per heavy atom. The summed E-state index contributed by atoms with van der Waals surface area (Å²) in [6.45, 7) is 2.39. The van der Waals surface area contributed by atoms with E-state index in [2.05, 4.69) is 13.0 Å². The van der Waals surface area contributed by atoms with Gasteiger partial charge in [-0.15, -0.1) is 0 Å². The number of halogens is 1. The number of hydrogen-bond acceptors (Lipinski definition) is 3. The summed E-state index contributed by atoms with van der Waals surface area (Å²) in [5.74, 6) is 2.28. The molecule has 1 aromatic rings. The van der Waals surface area contributed by atoms with Gasteiger partial charge in [0, 0.05) is 5.92 Å². The van der Waals surface area contributed by atoms with Crippen molar-refractivity contribution in [2.45, 2.75) is 76.8 Å². The van der Waals surface area contributed by atoms with Crippen LogP contribution < -0.4 is 4.74 Å². The zero-order valence-corrected chi connectivity index (χ0v) is 18.6. The highest BCUT2D eigenvalue weighted by Crippen LogP contribution is 2.66. The van der Waals surface area contributed by atoms with E-state index < -0.39 is 5.67 Å². The van der Waals surface area contributed by atoms with Crippen LogP contribution in [0, 0.1) is 46.3 Å². The molecule has 4 heteroatoms. The number of benzene rings is 1. The van der Waals surface area contributed by atoms with Gasteiger partial charge in [-0.2, -0.15) is 5.26 Å². The largest absolute Gasteiger partial charge is 0.486 e. The van der Waals surface area contributed by atoms with Gasteiger partial charge < -0.3 is 4.74 Å². The summed E-state index contributed by atoms with van der Waals surface area (Å²) in [6.07, 6.45) is 10.2. The molecule has 166 valence electrons. The van der Waals surface area contributed by atoms with Crippen LogP contribution in [0.2, 0.25) is 0 Å². The van der Waals surface area contributed by atoms with Gasteiger partial charge in [0.2, 0.25) is 0 Å². The normalized spacial score (nSPS) is 41.4. The van der Waals surface area contributed by atoms with E-state index in [9.17, 15) is 4.79 Å². The Kier molecular flexibility index (Phi) is 5.35. The second-order valence-corrected chi connectivity index (χ2v) is 10.9. The maximum absolute atomic E-state index is 16.2. The fraction of sp³-hybridized carbons (Fsp3) is 0.704. The number of fused-ring (bicyclic) bond motifs is 5. The van der Waals surface area contributed by atoms with Crippen LogP contribution in [0.3, 0.4) is 0 Å². The lowest BCUT2D eigenvalue weighted by Gasteiger charge is -2.58. The summed E-state index contributed by atoms with van der Waals surface area (Å²) in [7, 11) is 0. The molecule has 0 bridgehead atoms. The molecule has 1 aromatic carbocycles. The van der Waals surface area contributed by atoms with Gasteiger partial charge in [0.1, 0.15) is 18.0 Å². The molecule has 4 fully saturated rings. The Labute approximate surface area is 185 Å². The van der Waals surface area contributed by atoms with Crippen LogP contribution in [-0.4, -0.2) is 18.1 Å². The molecular formula is C27H34FNO2. The van der Waals surface area contributed by atoms with Gasteiger partial charge in [0.25, 0.3) is 0 Å². The average molecular weight is 424 g/mol. The van der Waals surface area contributed by atoms with E-state index in [1.807, 2.05) is 0 Å². The van der Waals surface area contributed by atoms with Crippen LogP contribution in [0.5, 0.6) is 5.75 Å². The summed E-state index contributed by atoms with van der Waals surface area (Å²) in [5.41, 5.74) is -0.368. The van der Waals surface area contributed by atoms with Gasteiger partial charge in [-0.1, -0.05) is 19.8 Å². The number of ether oxygens (including phenoxy) is 1. The van der Waals surface area contributed by atoms with Crippen molar-refractivity contribution in [3.63, 3.8) is 0 Å². The summed E-state index contributed by atoms with van der Waals surface area (Å²) in [5, 5.41) is 8.92. The third-order valence-electron chi connectivity index (χ3n) is 9.70. The van der Waals surface area contributed by atoms with Crippen LogP contribution in [-0.2, 0) is 4.79 Å². The number of hydrogen-bond donors (Lipinski definition) is 0. The van der Waals surface area contributed by atoms with Gasteiger partial charge in [0.15, 0.2) is 5.78 Å². The summed E-state index contributed by atoms with van der Waals surface area (Å²) >= 11 is 0. The molecule has 4 aliphatic rings. The van der Waals surface area contributed by atoms with Crippen molar-refractivity contribution in [3.05, 3.63) is 29.8 Å². The molecular weight excluding hydrogens is 389 g/mol. The van der Waals surface area contributed by atoms with E-state index in [4.69, 9.17) is 10.00 Å². The molecule has 0 spiro atoms. The lowest BCUT2D eigenvalue weighted by atomic mass is 9.48. The smallest absolute Gasteiger partial charge is 0.173 e. The minimum Gasteiger partial charge on any atom is -0.486 e. The van der Waals surface area contributed by atoms with E-state index in [-0.39, 0.29) is 35.6 Å². The standard InChI is InChI=1S/C27H34FNO2/c1-26-15-13-23-21(10-7-19-4-2-3-14-27(19,23)28)22(26)11-12-24(26)25(30)17-31-20-8-5-18(16-29)6-9-20/h5-6,8-9,19,21-24H,2-4,7,10-15,17H2,1H3/t19-,21-,22?,23?,24+,26-,27+/m0/s1. The van der Waals surface area contributed by atoms with Gasteiger partial charge >= 0.3 is 0 Å². The van der Waals surface area contributed by atoms with E-state index in [0.717, 1.165) is 57.8 Å². The zero-order chi connectivity index (χ0) is 21.6. The Balaban J connectivity index is 1.27. The molecule has 0 saturated heterocycles. The molecule has 0 aliphatic heterocycles. The third kappa shape index (κ3) is 3.40. The fourth-order valence-electron chi connectivity index (χ4n) is 8.19. The molecule has 2 unspecified atom stereocenters. The molecule has 4 saturated carbocycles. The molecule has 0 aromatic heterocycles. The highest BCUT2D eigenvalue weighted by Gasteiger charge is 2.62. The first-order valence-corrected chi connectivity index (χ1v) is 12.3. The van der Waals surface area contributed by atoms with Crippen molar-refractivity contribution in [2.75, 3.05) is 6.61 Å². The predicted octanol–water partition coefficient (Wildman–Crippen LogP) is 6.26. The zero-order valence-electron chi connectivity index (χ0n) is 18.6. The van der Waals surface area contributed by atoms with Crippen molar-refractivity contribution in [3.8, 4) is 11.8 Å². The Hall–Kier alpha value is -1.89. The average Bonchev–Trinajstić information content (AvgIpc) is 3.14. The molecule has 0 amide bonds. The molecule has 31 heavy (non-hydrogen) atoms. The number of Topliss-reactive ketones (excluding diaryl/α,β-unsaturated/α-hetero) is 1. The SMILES string of the molecule is C[C@]12CCC3[C@@H](CC[C@@H]4CCCC[C@]34F)C1CC[C@@H]2C(=O)COc1ccc(C#N)cc1. The molecule has 7 atom stereocenters. The molecule has 5 rings (SSSR count). The van der Waals surface area contributed by atoms with Crippen LogP contribution in [0.25, 0.3) is 0 Å². The lowest BCUT2D eigenvalue weighted by Crippen LogP contribution is -2.56. The summed E-state index contributed by atoms with van der Waals surface area (Å²) in [6, 6.07) is 9.01. The quantitative estimate of drug-likeness (QED) is 0.574. The Morgan fingerprint density at radius 2 is 1.87 bits per heavy atom. The molecule has 0 N–H and O–H groups in total. The van der Waals surface area contributed by atoms with Crippen molar-refractivity contribution < 1.29 is 13.9 Å². The maximum Gasteiger partial charge on any atom is 0.173 e. The third-order valence-corrected chi connectivity index (χ3v) is 9.70. The van der Waals surface area contributed by atoms with Crippen LogP contribution >= 0.6 is 0 Å². The fourth-order valence-corrected chi connectivity index (χ4v) is 8.19. The van der Waals surface area contributed by atoms with Gasteiger partial charge in [-0.05, 0) is 105 Å². The topological polar surface area (TPSA) is 50.1 Å². The van der Waals surface area contributed by atoms with Crippen LogP contribution in [0.4, 0.5) is 4.39 Å². The summed E-state index contributed by atoms with van der Waals surface area (Å²) < 4.78 is 22.0. The highest BCUT2D eigenvalue weighted by atomic mass is 19.1. The number of ketones is 1. The Morgan fingerprint density at radius 1 is 1.06 bits per heavy atom. The second kappa shape index (κ2) is 7.91. The molecule has 3 nitrogen and oxygen atoms in total. The minimum atomic E-state index is -0.941. The van der Waals surface area contributed by atoms with Gasteiger partial charge in [0.05, 0.1) is 11.6 Å². The minimum absolute atomic E-state index is 0.00978. The number of nitrogens with zero attached hydrogens (tertiary/aromatic N) is 1. The van der Waals surface area contributed by atoms with E-state index >= 15 is 4.39 Å². The second-order valence-electron chi connectivity index (χ2n) is 10.9. The molecule has 0 radical (unpaired) electrons.